The van der Waals surface area contributed by atoms with Crippen LogP contribution in [0.1, 0.15) is 24.0 Å². The van der Waals surface area contributed by atoms with Gasteiger partial charge in [0.2, 0.25) is 5.91 Å². The SMILES string of the molecule is COCCCNC(=O)[C@@H](CC(=O)OCc1ccccc1)NC(=O)OCc1ccccc1. The van der Waals surface area contributed by atoms with E-state index in [1.807, 2.05) is 60.7 Å². The second-order valence-electron chi connectivity index (χ2n) is 6.75. The fraction of sp³-hybridized carbons (Fsp3) is 0.348. The van der Waals surface area contributed by atoms with Crippen LogP contribution in [-0.4, -0.2) is 44.3 Å². The van der Waals surface area contributed by atoms with Crippen molar-refractivity contribution in [3.63, 3.8) is 0 Å². The minimum Gasteiger partial charge on any atom is -0.461 e. The van der Waals surface area contributed by atoms with Crippen LogP contribution in [0, 0.1) is 0 Å². The van der Waals surface area contributed by atoms with Crippen LogP contribution < -0.4 is 10.6 Å². The number of ether oxygens (including phenoxy) is 3. The Morgan fingerprint density at radius 2 is 1.45 bits per heavy atom. The zero-order chi connectivity index (χ0) is 22.3. The third kappa shape index (κ3) is 9.77. The van der Waals surface area contributed by atoms with Gasteiger partial charge in [-0.1, -0.05) is 60.7 Å². The Morgan fingerprint density at radius 3 is 2.03 bits per heavy atom. The van der Waals surface area contributed by atoms with E-state index in [1.54, 1.807) is 7.11 Å². The van der Waals surface area contributed by atoms with Gasteiger partial charge >= 0.3 is 12.1 Å². The highest BCUT2D eigenvalue weighted by molar-refractivity contribution is 5.89. The fourth-order valence-electron chi connectivity index (χ4n) is 2.63. The van der Waals surface area contributed by atoms with Crippen molar-refractivity contribution in [1.29, 1.82) is 0 Å². The van der Waals surface area contributed by atoms with Crippen molar-refractivity contribution in [2.24, 2.45) is 0 Å². The second kappa shape index (κ2) is 13.8. The summed E-state index contributed by atoms with van der Waals surface area (Å²) in [6, 6.07) is 17.2. The molecule has 0 fully saturated rings. The number of carbonyl (C=O) groups is 3. The predicted molar refractivity (Wildman–Crippen MR) is 114 cm³/mol. The first-order valence-electron chi connectivity index (χ1n) is 10.0. The first-order chi connectivity index (χ1) is 15.1. The summed E-state index contributed by atoms with van der Waals surface area (Å²) >= 11 is 0. The molecule has 0 unspecified atom stereocenters. The van der Waals surface area contributed by atoms with Gasteiger partial charge in [-0.05, 0) is 17.5 Å². The van der Waals surface area contributed by atoms with Crippen LogP contribution in [0.4, 0.5) is 4.79 Å². The Bertz CT molecular complexity index is 756. The fourth-order valence-corrected chi connectivity index (χ4v) is 2.63. The van der Waals surface area contributed by atoms with Crippen molar-refractivity contribution >= 4 is 18.0 Å². The number of benzene rings is 2. The molecule has 8 heteroatoms. The van der Waals surface area contributed by atoms with Crippen LogP contribution in [0.25, 0.3) is 0 Å². The van der Waals surface area contributed by atoms with Crippen molar-refractivity contribution in [2.75, 3.05) is 20.3 Å². The number of nitrogens with one attached hydrogen (secondary N) is 2. The highest BCUT2D eigenvalue weighted by Gasteiger charge is 2.25. The molecule has 0 aliphatic heterocycles. The zero-order valence-corrected chi connectivity index (χ0v) is 17.5. The number of alkyl carbamates (subject to hydrolysis) is 1. The van der Waals surface area contributed by atoms with Crippen molar-refractivity contribution in [3.8, 4) is 0 Å². The molecular formula is C23H28N2O6. The lowest BCUT2D eigenvalue weighted by atomic mass is 10.2. The number of amides is 2. The van der Waals surface area contributed by atoms with Crippen LogP contribution in [0.3, 0.4) is 0 Å². The molecule has 2 aromatic rings. The maximum atomic E-state index is 12.5. The molecule has 8 nitrogen and oxygen atoms in total. The van der Waals surface area contributed by atoms with E-state index in [-0.39, 0.29) is 19.6 Å². The Hall–Kier alpha value is -3.39. The van der Waals surface area contributed by atoms with Crippen LogP contribution in [0.2, 0.25) is 0 Å². The van der Waals surface area contributed by atoms with Gasteiger partial charge in [0.25, 0.3) is 0 Å². The first kappa shape index (κ1) is 23.9. The Morgan fingerprint density at radius 1 is 0.871 bits per heavy atom. The average Bonchev–Trinajstić information content (AvgIpc) is 2.80. The Labute approximate surface area is 181 Å². The molecule has 166 valence electrons. The number of esters is 1. The van der Waals surface area contributed by atoms with Gasteiger partial charge in [0.1, 0.15) is 19.3 Å². The number of hydrogen-bond donors (Lipinski definition) is 2. The van der Waals surface area contributed by atoms with Crippen molar-refractivity contribution in [1.82, 2.24) is 10.6 Å². The third-order valence-corrected chi connectivity index (χ3v) is 4.26. The summed E-state index contributed by atoms with van der Waals surface area (Å²) in [5.74, 6) is -1.10. The molecule has 0 aliphatic rings. The van der Waals surface area contributed by atoms with E-state index in [2.05, 4.69) is 10.6 Å². The van der Waals surface area contributed by atoms with Gasteiger partial charge in [0, 0.05) is 20.3 Å². The van der Waals surface area contributed by atoms with Gasteiger partial charge in [-0.25, -0.2) is 4.79 Å². The minimum atomic E-state index is -1.12. The number of hydrogen-bond acceptors (Lipinski definition) is 6. The highest BCUT2D eigenvalue weighted by Crippen LogP contribution is 2.05. The lowest BCUT2D eigenvalue weighted by Gasteiger charge is -2.18. The van der Waals surface area contributed by atoms with E-state index in [9.17, 15) is 14.4 Å². The standard InChI is InChI=1S/C23H28N2O6/c1-29-14-8-13-24-22(27)20(15-21(26)30-16-18-9-4-2-5-10-18)25-23(28)31-17-19-11-6-3-7-12-19/h2-7,9-12,20H,8,13-17H2,1H3,(H,24,27)(H,25,28)/t20-/m1/s1. The molecule has 2 N–H and O–H groups in total. The molecule has 2 amide bonds. The Kier molecular flexibility index (Phi) is 10.6. The van der Waals surface area contributed by atoms with E-state index in [0.717, 1.165) is 11.1 Å². The molecule has 31 heavy (non-hydrogen) atoms. The van der Waals surface area contributed by atoms with Crippen LogP contribution >= 0.6 is 0 Å². The first-order valence-corrected chi connectivity index (χ1v) is 10.0. The Balaban J connectivity index is 1.88. The lowest BCUT2D eigenvalue weighted by Crippen LogP contribution is -2.48. The van der Waals surface area contributed by atoms with E-state index < -0.39 is 24.0 Å². The predicted octanol–water partition coefficient (Wildman–Crippen LogP) is 2.57. The molecule has 0 bridgehead atoms. The quantitative estimate of drug-likeness (QED) is 0.398. The van der Waals surface area contributed by atoms with Crippen molar-refractivity contribution < 1.29 is 28.6 Å². The van der Waals surface area contributed by atoms with Crippen LogP contribution in [0.15, 0.2) is 60.7 Å². The molecule has 0 spiro atoms. The van der Waals surface area contributed by atoms with E-state index in [1.165, 1.54) is 0 Å². The summed E-state index contributed by atoms with van der Waals surface area (Å²) in [4.78, 5) is 36.9. The zero-order valence-electron chi connectivity index (χ0n) is 17.5. The summed E-state index contributed by atoms with van der Waals surface area (Å²) < 4.78 is 15.3. The normalized spacial score (nSPS) is 11.3. The van der Waals surface area contributed by atoms with Crippen molar-refractivity contribution in [3.05, 3.63) is 71.8 Å². The molecule has 0 saturated heterocycles. The molecule has 0 radical (unpaired) electrons. The van der Waals surface area contributed by atoms with E-state index in [4.69, 9.17) is 14.2 Å². The highest BCUT2D eigenvalue weighted by atomic mass is 16.5. The number of rotatable bonds is 12. The van der Waals surface area contributed by atoms with E-state index >= 15 is 0 Å². The second-order valence-corrected chi connectivity index (χ2v) is 6.75. The summed E-state index contributed by atoms with van der Waals surface area (Å²) in [7, 11) is 1.57. The molecule has 1 atom stereocenters. The van der Waals surface area contributed by atoms with E-state index in [0.29, 0.717) is 19.6 Å². The molecule has 0 aliphatic carbocycles. The number of carbonyl (C=O) groups excluding carboxylic acids is 3. The van der Waals surface area contributed by atoms with Crippen molar-refractivity contribution in [2.45, 2.75) is 32.1 Å². The molecule has 2 aromatic carbocycles. The van der Waals surface area contributed by atoms with Gasteiger partial charge in [-0.15, -0.1) is 0 Å². The monoisotopic (exact) mass is 428 g/mol. The summed E-state index contributed by atoms with van der Waals surface area (Å²) in [6.07, 6.45) is -0.508. The summed E-state index contributed by atoms with van der Waals surface area (Å²) in [5.41, 5.74) is 1.63. The van der Waals surface area contributed by atoms with Crippen LogP contribution in [0.5, 0.6) is 0 Å². The molecular weight excluding hydrogens is 400 g/mol. The topological polar surface area (TPSA) is 103 Å². The van der Waals surface area contributed by atoms with Gasteiger partial charge < -0.3 is 24.8 Å². The minimum absolute atomic E-state index is 0.0489. The average molecular weight is 428 g/mol. The summed E-state index contributed by atoms with van der Waals surface area (Å²) in [6.45, 7) is 0.965. The number of methoxy groups -OCH3 is 1. The van der Waals surface area contributed by atoms with Crippen LogP contribution in [-0.2, 0) is 37.0 Å². The third-order valence-electron chi connectivity index (χ3n) is 4.26. The maximum Gasteiger partial charge on any atom is 0.408 e. The molecule has 0 aromatic heterocycles. The van der Waals surface area contributed by atoms with Gasteiger partial charge in [0.15, 0.2) is 0 Å². The smallest absolute Gasteiger partial charge is 0.408 e. The summed E-state index contributed by atoms with van der Waals surface area (Å²) in [5, 5.41) is 5.13. The largest absolute Gasteiger partial charge is 0.461 e. The molecule has 0 saturated carbocycles. The molecule has 0 heterocycles. The lowest BCUT2D eigenvalue weighted by molar-refractivity contribution is -0.147. The van der Waals surface area contributed by atoms with Gasteiger partial charge in [0.05, 0.1) is 6.42 Å². The molecule has 2 rings (SSSR count). The maximum absolute atomic E-state index is 12.5. The van der Waals surface area contributed by atoms with Gasteiger partial charge in [-0.3, -0.25) is 9.59 Å². The van der Waals surface area contributed by atoms with Gasteiger partial charge in [-0.2, -0.15) is 0 Å².